The van der Waals surface area contributed by atoms with E-state index in [9.17, 15) is 0 Å². The first-order chi connectivity index (χ1) is 9.50. The summed E-state index contributed by atoms with van der Waals surface area (Å²) < 4.78 is 5.67. The molecule has 1 unspecified atom stereocenters. The van der Waals surface area contributed by atoms with Crippen molar-refractivity contribution in [2.75, 3.05) is 20.1 Å². The molecule has 20 heavy (non-hydrogen) atoms. The number of furan rings is 1. The quantitative estimate of drug-likeness (QED) is 0.911. The highest BCUT2D eigenvalue weighted by Gasteiger charge is 2.27. The van der Waals surface area contributed by atoms with Gasteiger partial charge in [-0.15, -0.1) is 0 Å². The Morgan fingerprint density at radius 1 is 1.30 bits per heavy atom. The molecular weight excluding hydrogens is 248 g/mol. The van der Waals surface area contributed by atoms with Crippen molar-refractivity contribution in [3.63, 3.8) is 0 Å². The number of likely N-dealkylation sites (tertiary alicyclic amines) is 1. The second kappa shape index (κ2) is 6.77. The van der Waals surface area contributed by atoms with Gasteiger partial charge in [0.25, 0.3) is 0 Å². The van der Waals surface area contributed by atoms with Crippen LogP contribution in [0.2, 0.25) is 0 Å². The van der Waals surface area contributed by atoms with Crippen molar-refractivity contribution in [3.05, 3.63) is 23.7 Å². The summed E-state index contributed by atoms with van der Waals surface area (Å²) in [7, 11) is 1.98. The molecule has 2 rings (SSSR count). The molecule has 1 atom stereocenters. The van der Waals surface area contributed by atoms with Crippen LogP contribution in [-0.4, -0.2) is 25.0 Å². The standard InChI is InChI=1S/C17H30N2O/c1-17(2,3)15-6-5-9-19(10-7-15)13-16-14(12-18-4)8-11-20-16/h8,11,15,18H,5-7,9-10,12-13H2,1-4H3. The van der Waals surface area contributed by atoms with Crippen molar-refractivity contribution in [3.8, 4) is 0 Å². The summed E-state index contributed by atoms with van der Waals surface area (Å²) in [5.74, 6) is 1.98. The van der Waals surface area contributed by atoms with Crippen LogP contribution in [0.5, 0.6) is 0 Å². The van der Waals surface area contributed by atoms with Gasteiger partial charge in [-0.05, 0) is 56.8 Å². The Kier molecular flexibility index (Phi) is 5.28. The largest absolute Gasteiger partial charge is 0.468 e. The van der Waals surface area contributed by atoms with Crippen molar-refractivity contribution in [1.82, 2.24) is 10.2 Å². The Morgan fingerprint density at radius 2 is 2.10 bits per heavy atom. The maximum Gasteiger partial charge on any atom is 0.122 e. The van der Waals surface area contributed by atoms with Crippen LogP contribution in [0.3, 0.4) is 0 Å². The van der Waals surface area contributed by atoms with Gasteiger partial charge in [-0.25, -0.2) is 0 Å². The molecule has 0 aliphatic carbocycles. The van der Waals surface area contributed by atoms with Gasteiger partial charge in [-0.3, -0.25) is 4.90 Å². The summed E-state index contributed by atoms with van der Waals surface area (Å²) in [6, 6.07) is 2.08. The highest BCUT2D eigenvalue weighted by atomic mass is 16.3. The SMILES string of the molecule is CNCc1ccoc1CN1CCCC(C(C)(C)C)CC1. The Morgan fingerprint density at radius 3 is 2.80 bits per heavy atom. The molecule has 0 aromatic carbocycles. The normalized spacial score (nSPS) is 21.9. The van der Waals surface area contributed by atoms with Crippen LogP contribution in [-0.2, 0) is 13.1 Å². The summed E-state index contributed by atoms with van der Waals surface area (Å²) >= 11 is 0. The third kappa shape index (κ3) is 4.10. The van der Waals surface area contributed by atoms with E-state index in [1.807, 2.05) is 13.3 Å². The van der Waals surface area contributed by atoms with Gasteiger partial charge in [-0.2, -0.15) is 0 Å². The van der Waals surface area contributed by atoms with E-state index in [2.05, 4.69) is 37.1 Å². The van der Waals surface area contributed by atoms with Crippen LogP contribution in [0.25, 0.3) is 0 Å². The lowest BCUT2D eigenvalue weighted by Crippen LogP contribution is -2.26. The predicted octanol–water partition coefficient (Wildman–Crippen LogP) is 3.65. The second-order valence-electron chi connectivity index (χ2n) is 7.17. The van der Waals surface area contributed by atoms with Crippen molar-refractivity contribution in [1.29, 1.82) is 0 Å². The Labute approximate surface area is 123 Å². The molecule has 0 radical (unpaired) electrons. The van der Waals surface area contributed by atoms with E-state index in [4.69, 9.17) is 4.42 Å². The lowest BCUT2D eigenvalue weighted by atomic mass is 9.77. The van der Waals surface area contributed by atoms with Gasteiger partial charge in [0.15, 0.2) is 0 Å². The van der Waals surface area contributed by atoms with Gasteiger partial charge in [0, 0.05) is 12.1 Å². The average Bonchev–Trinajstić information content (AvgIpc) is 2.65. The summed E-state index contributed by atoms with van der Waals surface area (Å²) in [5, 5.41) is 3.21. The molecule has 0 spiro atoms. The maximum atomic E-state index is 5.67. The van der Waals surface area contributed by atoms with Crippen LogP contribution >= 0.6 is 0 Å². The molecule has 114 valence electrons. The zero-order chi connectivity index (χ0) is 14.6. The molecule has 2 heterocycles. The van der Waals surface area contributed by atoms with Gasteiger partial charge in [0.05, 0.1) is 12.8 Å². The molecule has 1 saturated heterocycles. The third-order valence-corrected chi connectivity index (χ3v) is 4.62. The van der Waals surface area contributed by atoms with E-state index in [1.165, 1.54) is 37.9 Å². The van der Waals surface area contributed by atoms with Gasteiger partial charge < -0.3 is 9.73 Å². The van der Waals surface area contributed by atoms with Gasteiger partial charge in [-0.1, -0.05) is 20.8 Å². The van der Waals surface area contributed by atoms with Crippen LogP contribution in [0, 0.1) is 11.3 Å². The van der Waals surface area contributed by atoms with E-state index in [0.717, 1.165) is 24.8 Å². The van der Waals surface area contributed by atoms with Crippen LogP contribution in [0.1, 0.15) is 51.4 Å². The third-order valence-electron chi connectivity index (χ3n) is 4.62. The smallest absolute Gasteiger partial charge is 0.122 e. The lowest BCUT2D eigenvalue weighted by molar-refractivity contribution is 0.202. The Hall–Kier alpha value is -0.800. The monoisotopic (exact) mass is 278 g/mol. The van der Waals surface area contributed by atoms with Gasteiger partial charge in [0.1, 0.15) is 5.76 Å². The molecule has 0 amide bonds. The fraction of sp³-hybridized carbons (Fsp3) is 0.765. The first-order valence-electron chi connectivity index (χ1n) is 7.93. The lowest BCUT2D eigenvalue weighted by Gasteiger charge is -2.29. The number of nitrogens with one attached hydrogen (secondary N) is 1. The minimum absolute atomic E-state index is 0.442. The second-order valence-corrected chi connectivity index (χ2v) is 7.17. The minimum atomic E-state index is 0.442. The molecule has 1 aliphatic rings. The number of hydrogen-bond donors (Lipinski definition) is 1. The molecule has 0 bridgehead atoms. The molecule has 0 saturated carbocycles. The van der Waals surface area contributed by atoms with E-state index >= 15 is 0 Å². The number of hydrogen-bond acceptors (Lipinski definition) is 3. The maximum absolute atomic E-state index is 5.67. The molecule has 1 fully saturated rings. The van der Waals surface area contributed by atoms with E-state index in [0.29, 0.717) is 5.41 Å². The highest BCUT2D eigenvalue weighted by molar-refractivity contribution is 5.16. The summed E-state index contributed by atoms with van der Waals surface area (Å²) in [5.41, 5.74) is 1.74. The van der Waals surface area contributed by atoms with E-state index in [1.54, 1.807) is 0 Å². The van der Waals surface area contributed by atoms with Crippen molar-refractivity contribution < 1.29 is 4.42 Å². The fourth-order valence-corrected chi connectivity index (χ4v) is 3.24. The zero-order valence-electron chi connectivity index (χ0n) is 13.5. The van der Waals surface area contributed by atoms with Crippen LogP contribution < -0.4 is 5.32 Å². The molecule has 1 aliphatic heterocycles. The summed E-state index contributed by atoms with van der Waals surface area (Å²) in [6.45, 7) is 11.4. The molecule has 1 aromatic heterocycles. The topological polar surface area (TPSA) is 28.4 Å². The predicted molar refractivity (Wildman–Crippen MR) is 83.5 cm³/mol. The van der Waals surface area contributed by atoms with E-state index < -0.39 is 0 Å². The first kappa shape index (κ1) is 15.6. The Bertz CT molecular complexity index is 405. The van der Waals surface area contributed by atoms with Crippen LogP contribution in [0.15, 0.2) is 16.7 Å². The summed E-state index contributed by atoms with van der Waals surface area (Å²) in [6.07, 6.45) is 5.80. The molecular formula is C17H30N2O. The molecule has 1 aromatic rings. The zero-order valence-corrected chi connectivity index (χ0v) is 13.5. The minimum Gasteiger partial charge on any atom is -0.468 e. The number of nitrogens with zero attached hydrogens (tertiary/aromatic N) is 1. The molecule has 1 N–H and O–H groups in total. The first-order valence-corrected chi connectivity index (χ1v) is 7.93. The molecule has 3 heteroatoms. The number of rotatable bonds is 4. The highest BCUT2D eigenvalue weighted by Crippen LogP contribution is 2.34. The molecule has 3 nitrogen and oxygen atoms in total. The summed E-state index contributed by atoms with van der Waals surface area (Å²) in [4.78, 5) is 2.56. The van der Waals surface area contributed by atoms with Crippen molar-refractivity contribution in [2.24, 2.45) is 11.3 Å². The van der Waals surface area contributed by atoms with Gasteiger partial charge >= 0.3 is 0 Å². The van der Waals surface area contributed by atoms with Crippen molar-refractivity contribution >= 4 is 0 Å². The van der Waals surface area contributed by atoms with Crippen LogP contribution in [0.4, 0.5) is 0 Å². The van der Waals surface area contributed by atoms with Crippen molar-refractivity contribution in [2.45, 2.75) is 53.1 Å². The van der Waals surface area contributed by atoms with Gasteiger partial charge in [0.2, 0.25) is 0 Å². The Balaban J connectivity index is 1.92. The van der Waals surface area contributed by atoms with E-state index in [-0.39, 0.29) is 0 Å². The average molecular weight is 278 g/mol. The fourth-order valence-electron chi connectivity index (χ4n) is 3.24.